The Kier molecular flexibility index (Phi) is 5.10. The van der Waals surface area contributed by atoms with E-state index >= 15 is 0 Å². The van der Waals surface area contributed by atoms with Gasteiger partial charge in [0, 0.05) is 13.1 Å². The van der Waals surface area contributed by atoms with Gasteiger partial charge in [-0.3, -0.25) is 0 Å². The molecule has 1 aromatic carbocycles. The van der Waals surface area contributed by atoms with Crippen LogP contribution in [-0.4, -0.2) is 43.5 Å². The van der Waals surface area contributed by atoms with Crippen LogP contribution in [0.3, 0.4) is 0 Å². The standard InChI is InChI=1S/C14H16ClNO5S/c1-10-4-6-16(7-5-10)22(19,20)11-2-3-13(12(15)8-11)21-9-14(17)18/h2-3,8H,1,4-7,9H2,(H,17,18). The van der Waals surface area contributed by atoms with E-state index in [1.54, 1.807) is 0 Å². The van der Waals surface area contributed by atoms with Gasteiger partial charge in [0.1, 0.15) is 5.75 Å². The Morgan fingerprint density at radius 2 is 2.00 bits per heavy atom. The summed E-state index contributed by atoms with van der Waals surface area (Å²) in [6.45, 7) is 4.11. The highest BCUT2D eigenvalue weighted by atomic mass is 35.5. The van der Waals surface area contributed by atoms with Crippen molar-refractivity contribution in [3.05, 3.63) is 35.4 Å². The molecule has 120 valence electrons. The van der Waals surface area contributed by atoms with Gasteiger partial charge >= 0.3 is 5.97 Å². The molecule has 1 aliphatic heterocycles. The summed E-state index contributed by atoms with van der Waals surface area (Å²) in [5.74, 6) is -1.00. The van der Waals surface area contributed by atoms with Crippen LogP contribution < -0.4 is 4.74 Å². The summed E-state index contributed by atoms with van der Waals surface area (Å²) < 4.78 is 31.4. The molecule has 0 unspecified atom stereocenters. The number of halogens is 1. The summed E-state index contributed by atoms with van der Waals surface area (Å²) in [5, 5.41) is 8.62. The zero-order valence-electron chi connectivity index (χ0n) is 11.8. The molecule has 1 aliphatic rings. The average Bonchev–Trinajstić information content (AvgIpc) is 2.46. The first-order valence-corrected chi connectivity index (χ1v) is 8.43. The second-order valence-corrected chi connectivity index (χ2v) is 7.27. The number of hydrogen-bond acceptors (Lipinski definition) is 4. The van der Waals surface area contributed by atoms with Crippen LogP contribution in [0.15, 0.2) is 35.2 Å². The minimum absolute atomic E-state index is 0.0590. The van der Waals surface area contributed by atoms with Crippen molar-refractivity contribution in [2.75, 3.05) is 19.7 Å². The number of carbonyl (C=O) groups is 1. The van der Waals surface area contributed by atoms with E-state index < -0.39 is 22.6 Å². The number of carboxylic acids is 1. The molecule has 22 heavy (non-hydrogen) atoms. The summed E-state index contributed by atoms with van der Waals surface area (Å²) in [4.78, 5) is 10.5. The molecule has 6 nitrogen and oxygen atoms in total. The van der Waals surface area contributed by atoms with Gasteiger partial charge in [-0.2, -0.15) is 4.31 Å². The van der Waals surface area contributed by atoms with Crippen molar-refractivity contribution < 1.29 is 23.1 Å². The third-order valence-electron chi connectivity index (χ3n) is 3.32. The van der Waals surface area contributed by atoms with E-state index in [0.29, 0.717) is 25.9 Å². The zero-order valence-corrected chi connectivity index (χ0v) is 13.4. The van der Waals surface area contributed by atoms with Crippen LogP contribution in [0.2, 0.25) is 5.02 Å². The Balaban J connectivity index is 2.19. The van der Waals surface area contributed by atoms with E-state index in [1.807, 2.05) is 0 Å². The Hall–Kier alpha value is -1.57. The maximum absolute atomic E-state index is 12.5. The molecule has 0 spiro atoms. The molecule has 0 bridgehead atoms. The number of aliphatic carboxylic acids is 1. The Labute approximate surface area is 134 Å². The van der Waals surface area contributed by atoms with E-state index in [0.717, 1.165) is 5.57 Å². The topological polar surface area (TPSA) is 83.9 Å². The lowest BCUT2D eigenvalue weighted by atomic mass is 10.1. The first-order valence-electron chi connectivity index (χ1n) is 6.61. The predicted octanol–water partition coefficient (Wildman–Crippen LogP) is 2.14. The summed E-state index contributed by atoms with van der Waals surface area (Å²) in [6.07, 6.45) is 1.29. The number of ether oxygens (including phenoxy) is 1. The Bertz CT molecular complexity index is 691. The van der Waals surface area contributed by atoms with Crippen molar-refractivity contribution in [2.24, 2.45) is 0 Å². The van der Waals surface area contributed by atoms with Crippen LogP contribution in [0, 0.1) is 0 Å². The van der Waals surface area contributed by atoms with Gasteiger partial charge in [0.25, 0.3) is 0 Å². The monoisotopic (exact) mass is 345 g/mol. The quantitative estimate of drug-likeness (QED) is 0.826. The lowest BCUT2D eigenvalue weighted by molar-refractivity contribution is -0.139. The lowest BCUT2D eigenvalue weighted by Gasteiger charge is -2.27. The third kappa shape index (κ3) is 3.79. The SMILES string of the molecule is C=C1CCN(S(=O)(=O)c2ccc(OCC(=O)O)c(Cl)c2)CC1. The zero-order chi connectivity index (χ0) is 16.3. The molecule has 1 heterocycles. The van der Waals surface area contributed by atoms with Crippen molar-refractivity contribution in [1.82, 2.24) is 4.31 Å². The normalized spacial score (nSPS) is 16.5. The maximum atomic E-state index is 12.5. The van der Waals surface area contributed by atoms with Gasteiger partial charge in [-0.05, 0) is 31.0 Å². The van der Waals surface area contributed by atoms with Gasteiger partial charge < -0.3 is 9.84 Å². The first-order chi connectivity index (χ1) is 10.3. The fourth-order valence-electron chi connectivity index (χ4n) is 2.09. The highest BCUT2D eigenvalue weighted by molar-refractivity contribution is 7.89. The molecule has 0 aromatic heterocycles. The molecule has 0 saturated carbocycles. The molecule has 0 radical (unpaired) electrons. The summed E-state index contributed by atoms with van der Waals surface area (Å²) in [7, 11) is -3.62. The number of hydrogen-bond donors (Lipinski definition) is 1. The molecule has 1 N–H and O–H groups in total. The average molecular weight is 346 g/mol. The Morgan fingerprint density at radius 3 is 2.55 bits per heavy atom. The number of carboxylic acid groups (broad SMARTS) is 1. The van der Waals surface area contributed by atoms with Crippen molar-refractivity contribution in [3.8, 4) is 5.75 Å². The third-order valence-corrected chi connectivity index (χ3v) is 5.51. The Morgan fingerprint density at radius 1 is 1.36 bits per heavy atom. The number of piperidine rings is 1. The molecule has 1 fully saturated rings. The molecule has 2 rings (SSSR count). The molecule has 0 aliphatic carbocycles. The molecule has 1 aromatic rings. The van der Waals surface area contributed by atoms with Gasteiger partial charge in [0.2, 0.25) is 10.0 Å². The van der Waals surface area contributed by atoms with Crippen LogP contribution in [0.1, 0.15) is 12.8 Å². The first kappa shape index (κ1) is 16.8. The molecule has 8 heteroatoms. The highest BCUT2D eigenvalue weighted by Crippen LogP contribution is 2.30. The molecular weight excluding hydrogens is 330 g/mol. The lowest BCUT2D eigenvalue weighted by Crippen LogP contribution is -2.36. The van der Waals surface area contributed by atoms with E-state index in [4.69, 9.17) is 21.4 Å². The van der Waals surface area contributed by atoms with Gasteiger partial charge in [-0.15, -0.1) is 0 Å². The second kappa shape index (κ2) is 6.68. The molecule has 0 atom stereocenters. The number of sulfonamides is 1. The number of nitrogens with zero attached hydrogens (tertiary/aromatic N) is 1. The highest BCUT2D eigenvalue weighted by Gasteiger charge is 2.27. The van der Waals surface area contributed by atoms with Gasteiger partial charge in [0.05, 0.1) is 9.92 Å². The number of rotatable bonds is 5. The fourth-order valence-corrected chi connectivity index (χ4v) is 3.86. The summed E-state index contributed by atoms with van der Waals surface area (Å²) in [6, 6.07) is 4.00. The summed E-state index contributed by atoms with van der Waals surface area (Å²) >= 11 is 5.97. The molecular formula is C14H16ClNO5S. The van der Waals surface area contributed by atoms with E-state index in [1.165, 1.54) is 22.5 Å². The maximum Gasteiger partial charge on any atom is 0.341 e. The smallest absolute Gasteiger partial charge is 0.341 e. The van der Waals surface area contributed by atoms with Crippen molar-refractivity contribution in [2.45, 2.75) is 17.7 Å². The van der Waals surface area contributed by atoms with Gasteiger partial charge in [0.15, 0.2) is 6.61 Å². The van der Waals surface area contributed by atoms with Crippen molar-refractivity contribution >= 4 is 27.6 Å². The minimum atomic E-state index is -3.62. The molecule has 1 saturated heterocycles. The second-order valence-electron chi connectivity index (χ2n) is 4.93. The van der Waals surface area contributed by atoms with E-state index in [9.17, 15) is 13.2 Å². The van der Waals surface area contributed by atoms with Gasteiger partial charge in [-0.1, -0.05) is 23.8 Å². The van der Waals surface area contributed by atoms with Crippen LogP contribution in [0.5, 0.6) is 5.75 Å². The minimum Gasteiger partial charge on any atom is -0.480 e. The van der Waals surface area contributed by atoms with Crippen LogP contribution in [0.4, 0.5) is 0 Å². The molecule has 0 amide bonds. The largest absolute Gasteiger partial charge is 0.480 e. The fraction of sp³-hybridized carbons (Fsp3) is 0.357. The summed E-state index contributed by atoms with van der Waals surface area (Å²) in [5.41, 5.74) is 1.04. The van der Waals surface area contributed by atoms with E-state index in [-0.39, 0.29) is 15.7 Å². The number of benzene rings is 1. The van der Waals surface area contributed by atoms with E-state index in [2.05, 4.69) is 6.58 Å². The van der Waals surface area contributed by atoms with Crippen LogP contribution in [-0.2, 0) is 14.8 Å². The van der Waals surface area contributed by atoms with Crippen LogP contribution >= 0.6 is 11.6 Å². The predicted molar refractivity (Wildman–Crippen MR) is 81.7 cm³/mol. The van der Waals surface area contributed by atoms with Crippen molar-refractivity contribution in [3.63, 3.8) is 0 Å². The van der Waals surface area contributed by atoms with Crippen molar-refractivity contribution in [1.29, 1.82) is 0 Å². The van der Waals surface area contributed by atoms with Crippen LogP contribution in [0.25, 0.3) is 0 Å². The van der Waals surface area contributed by atoms with Gasteiger partial charge in [-0.25, -0.2) is 13.2 Å².